The number of hydrogen-bond donors (Lipinski definition) is 1. The molecule has 4 rings (SSSR count). The number of nitrogen functional groups attached to an aromatic ring is 1. The molecule has 1 heterocycles. The van der Waals surface area contributed by atoms with Crippen LogP contribution in [0.2, 0.25) is 10.0 Å². The summed E-state index contributed by atoms with van der Waals surface area (Å²) >= 11 is 12.6. The molecule has 0 aliphatic heterocycles. The van der Waals surface area contributed by atoms with Gasteiger partial charge >= 0.3 is 7.60 Å². The Bertz CT molecular complexity index is 1450. The highest BCUT2D eigenvalue weighted by Crippen LogP contribution is 2.56. The molecule has 0 bridgehead atoms. The summed E-state index contributed by atoms with van der Waals surface area (Å²) < 4.78 is 27.7. The lowest BCUT2D eigenvalue weighted by Crippen LogP contribution is -2.24. The van der Waals surface area contributed by atoms with Crippen LogP contribution < -0.4 is 5.73 Å². The number of halogens is 2. The van der Waals surface area contributed by atoms with Gasteiger partial charge in [0.25, 0.3) is 0 Å². The van der Waals surface area contributed by atoms with Crippen molar-refractivity contribution in [2.24, 2.45) is 0 Å². The highest BCUT2D eigenvalue weighted by molar-refractivity contribution is 7.53. The summed E-state index contributed by atoms with van der Waals surface area (Å²) in [5.74, 6) is 0. The van der Waals surface area contributed by atoms with Gasteiger partial charge in [-0.1, -0.05) is 47.5 Å². The van der Waals surface area contributed by atoms with Crippen molar-refractivity contribution in [2.45, 2.75) is 65.5 Å². The van der Waals surface area contributed by atoms with Crippen LogP contribution in [0.3, 0.4) is 0 Å². The summed E-state index contributed by atoms with van der Waals surface area (Å²) in [6.07, 6.45) is 0.196. The van der Waals surface area contributed by atoms with Crippen molar-refractivity contribution in [3.05, 3.63) is 75.8 Å². The van der Waals surface area contributed by atoms with Gasteiger partial charge in [0.15, 0.2) is 0 Å². The Morgan fingerprint density at radius 1 is 0.806 bits per heavy atom. The van der Waals surface area contributed by atoms with Crippen LogP contribution in [0.15, 0.2) is 54.6 Å². The summed E-state index contributed by atoms with van der Waals surface area (Å²) in [6.45, 7) is 11.9. The minimum Gasteiger partial charge on any atom is -0.397 e. The molecule has 0 amide bonds. The Hall–Kier alpha value is -2.01. The van der Waals surface area contributed by atoms with Crippen molar-refractivity contribution in [1.29, 1.82) is 0 Å². The lowest BCUT2D eigenvalue weighted by atomic mass is 10.1. The van der Waals surface area contributed by atoms with Gasteiger partial charge in [0, 0.05) is 32.9 Å². The molecule has 3 aromatic carbocycles. The third kappa shape index (κ3) is 6.27. The molecule has 0 radical (unpaired) electrons. The monoisotopic (exact) mass is 546 g/mol. The van der Waals surface area contributed by atoms with Gasteiger partial charge in [-0.05, 0) is 83.0 Å². The van der Waals surface area contributed by atoms with Crippen molar-refractivity contribution < 1.29 is 13.6 Å². The van der Waals surface area contributed by atoms with Crippen LogP contribution >= 0.6 is 30.8 Å². The maximum atomic E-state index is 13.7. The average Bonchev–Trinajstić information content (AvgIpc) is 2.99. The SMILES string of the molecule is CC(C)(C)OP(=O)(Cc1ccc(Cn2c3ccc(Cl)cc3c3cc(Cl)cc(N)c32)cc1)OC(C)(C)C. The standard InChI is InChI=1S/C28H33Cl2N2O3P/c1-27(2,3)34-36(33,35-28(4,5)6)17-19-9-7-18(8-10-19)16-32-25-12-11-20(29)13-22(25)23-14-21(30)15-24(31)26(23)32/h7-15H,16-17,31H2,1-6H3. The normalized spacial score (nSPS) is 13.1. The van der Waals surface area contributed by atoms with Crippen molar-refractivity contribution in [2.75, 3.05) is 5.73 Å². The van der Waals surface area contributed by atoms with E-state index < -0.39 is 18.8 Å². The Labute approximate surface area is 223 Å². The third-order valence-electron chi connectivity index (χ3n) is 5.48. The fourth-order valence-electron chi connectivity index (χ4n) is 4.44. The van der Waals surface area contributed by atoms with E-state index in [1.165, 1.54) is 0 Å². The van der Waals surface area contributed by atoms with E-state index in [2.05, 4.69) is 4.57 Å². The molecule has 0 spiro atoms. The Balaban J connectivity index is 1.67. The molecule has 0 saturated carbocycles. The number of hydrogen-bond acceptors (Lipinski definition) is 4. The predicted octanol–water partition coefficient (Wildman–Crippen LogP) is 9.06. The van der Waals surface area contributed by atoms with E-state index in [9.17, 15) is 4.57 Å². The summed E-state index contributed by atoms with van der Waals surface area (Å²) in [4.78, 5) is 0. The van der Waals surface area contributed by atoms with E-state index in [0.29, 0.717) is 22.3 Å². The number of rotatable bonds is 6. The molecule has 0 saturated heterocycles. The highest BCUT2D eigenvalue weighted by atomic mass is 35.5. The third-order valence-corrected chi connectivity index (χ3v) is 8.34. The van der Waals surface area contributed by atoms with Gasteiger partial charge in [0.1, 0.15) is 0 Å². The van der Waals surface area contributed by atoms with Gasteiger partial charge in [-0.15, -0.1) is 0 Å². The number of benzene rings is 3. The molecule has 192 valence electrons. The maximum absolute atomic E-state index is 13.7. The summed E-state index contributed by atoms with van der Waals surface area (Å²) in [6, 6.07) is 17.5. The van der Waals surface area contributed by atoms with Crippen LogP contribution in [0.4, 0.5) is 5.69 Å². The van der Waals surface area contributed by atoms with Crippen LogP contribution in [0.5, 0.6) is 0 Å². The van der Waals surface area contributed by atoms with Crippen LogP contribution in [0.25, 0.3) is 21.8 Å². The van der Waals surface area contributed by atoms with Gasteiger partial charge < -0.3 is 19.3 Å². The molecule has 0 aliphatic carbocycles. The Kier molecular flexibility index (Phi) is 7.29. The zero-order chi connectivity index (χ0) is 26.5. The molecule has 5 nitrogen and oxygen atoms in total. The van der Waals surface area contributed by atoms with Gasteiger partial charge in [0.2, 0.25) is 0 Å². The molecule has 2 N–H and O–H groups in total. The lowest BCUT2D eigenvalue weighted by molar-refractivity contribution is 0.0485. The first-order valence-corrected chi connectivity index (χ1v) is 14.4. The molecule has 0 aliphatic rings. The topological polar surface area (TPSA) is 66.5 Å². The second-order valence-electron chi connectivity index (χ2n) is 11.1. The van der Waals surface area contributed by atoms with Crippen LogP contribution in [-0.2, 0) is 26.3 Å². The minimum absolute atomic E-state index is 0.196. The van der Waals surface area contributed by atoms with E-state index in [4.69, 9.17) is 38.0 Å². The molecule has 1 aromatic heterocycles. The minimum atomic E-state index is -3.38. The first kappa shape index (κ1) is 27.0. The number of nitrogens with zero attached hydrogens (tertiary/aromatic N) is 1. The molecule has 0 unspecified atom stereocenters. The van der Waals surface area contributed by atoms with Gasteiger partial charge in [-0.3, -0.25) is 4.57 Å². The number of aromatic nitrogens is 1. The fraction of sp³-hybridized carbons (Fsp3) is 0.357. The smallest absolute Gasteiger partial charge is 0.336 e. The largest absolute Gasteiger partial charge is 0.397 e. The van der Waals surface area contributed by atoms with Crippen LogP contribution in [0.1, 0.15) is 52.7 Å². The quantitative estimate of drug-likeness (QED) is 0.193. The second kappa shape index (κ2) is 9.70. The van der Waals surface area contributed by atoms with Crippen LogP contribution in [-0.4, -0.2) is 15.8 Å². The highest BCUT2D eigenvalue weighted by Gasteiger charge is 2.35. The zero-order valence-corrected chi connectivity index (χ0v) is 24.0. The van der Waals surface area contributed by atoms with E-state index in [0.717, 1.165) is 32.9 Å². The van der Waals surface area contributed by atoms with Gasteiger partial charge in [-0.2, -0.15) is 0 Å². The Morgan fingerprint density at radius 2 is 1.36 bits per heavy atom. The van der Waals surface area contributed by atoms with E-state index in [1.54, 1.807) is 6.07 Å². The maximum Gasteiger partial charge on any atom is 0.336 e. The number of nitrogens with two attached hydrogens (primary N) is 1. The lowest BCUT2D eigenvalue weighted by Gasteiger charge is -2.32. The zero-order valence-electron chi connectivity index (χ0n) is 21.6. The number of fused-ring (bicyclic) bond motifs is 3. The first-order valence-electron chi connectivity index (χ1n) is 11.9. The predicted molar refractivity (Wildman–Crippen MR) is 152 cm³/mol. The summed E-state index contributed by atoms with van der Waals surface area (Å²) in [7, 11) is -3.38. The van der Waals surface area contributed by atoms with Crippen LogP contribution in [0, 0.1) is 0 Å². The first-order chi connectivity index (χ1) is 16.6. The summed E-state index contributed by atoms with van der Waals surface area (Å²) in [5.41, 5.74) is 9.73. The molecule has 36 heavy (non-hydrogen) atoms. The second-order valence-corrected chi connectivity index (χ2v) is 13.9. The van der Waals surface area contributed by atoms with Gasteiger partial charge in [0.05, 0.1) is 28.6 Å². The van der Waals surface area contributed by atoms with Gasteiger partial charge in [-0.25, -0.2) is 0 Å². The van der Waals surface area contributed by atoms with Crippen molar-refractivity contribution >= 4 is 58.3 Å². The van der Waals surface area contributed by atoms with Crippen molar-refractivity contribution in [3.63, 3.8) is 0 Å². The molecule has 0 atom stereocenters. The summed E-state index contributed by atoms with van der Waals surface area (Å²) in [5, 5.41) is 3.21. The average molecular weight is 547 g/mol. The van der Waals surface area contributed by atoms with E-state index in [-0.39, 0.29) is 6.16 Å². The van der Waals surface area contributed by atoms with E-state index in [1.807, 2.05) is 90.1 Å². The molecular formula is C28H33Cl2N2O3P. The Morgan fingerprint density at radius 3 is 1.94 bits per heavy atom. The number of anilines is 1. The molecular weight excluding hydrogens is 514 g/mol. The molecule has 4 aromatic rings. The molecule has 0 fully saturated rings. The molecule has 8 heteroatoms. The van der Waals surface area contributed by atoms with Crippen molar-refractivity contribution in [3.8, 4) is 0 Å². The van der Waals surface area contributed by atoms with E-state index >= 15 is 0 Å². The fourth-order valence-corrected chi connectivity index (χ4v) is 7.34. The van der Waals surface area contributed by atoms with Crippen molar-refractivity contribution in [1.82, 2.24) is 4.57 Å².